The van der Waals surface area contributed by atoms with Crippen LogP contribution in [0, 0.1) is 6.92 Å². The smallest absolute Gasteiger partial charge is 0.241 e. The van der Waals surface area contributed by atoms with Crippen LogP contribution in [-0.2, 0) is 14.8 Å². The first-order chi connectivity index (χ1) is 14.6. The van der Waals surface area contributed by atoms with E-state index >= 15 is 0 Å². The maximum absolute atomic E-state index is 13.0. The highest BCUT2D eigenvalue weighted by Crippen LogP contribution is 2.42. The first-order valence-corrected chi connectivity index (χ1v) is 12.6. The maximum atomic E-state index is 13.0. The standard InChI is InChI=1S/C23H29ClN2O4S/c1-5-23(6-2)14-19(18-9-7-8-10-21(18)30-23)25-22(27)15-26(31(4,28)29)20-12-11-17(24)13-16(20)3/h7-13,19H,5-6,14-15H2,1-4H3,(H,25,27)/t19-/m0/s1. The molecule has 0 fully saturated rings. The normalized spacial score (nSPS) is 17.4. The van der Waals surface area contributed by atoms with Crippen LogP contribution in [0.3, 0.4) is 0 Å². The minimum absolute atomic E-state index is 0.259. The second kappa shape index (κ2) is 9.09. The Balaban J connectivity index is 1.87. The second-order valence-corrected chi connectivity index (χ2v) is 10.4. The average Bonchev–Trinajstić information content (AvgIpc) is 2.71. The van der Waals surface area contributed by atoms with E-state index in [-0.39, 0.29) is 24.1 Å². The summed E-state index contributed by atoms with van der Waals surface area (Å²) >= 11 is 6.01. The van der Waals surface area contributed by atoms with Crippen molar-refractivity contribution in [1.29, 1.82) is 0 Å². The van der Waals surface area contributed by atoms with Gasteiger partial charge in [0.25, 0.3) is 0 Å². The fraction of sp³-hybridized carbons (Fsp3) is 0.435. The van der Waals surface area contributed by atoms with Crippen molar-refractivity contribution >= 4 is 33.2 Å². The number of anilines is 1. The van der Waals surface area contributed by atoms with Crippen LogP contribution in [0.1, 0.15) is 50.3 Å². The Morgan fingerprint density at radius 1 is 1.23 bits per heavy atom. The number of carbonyl (C=O) groups is 1. The van der Waals surface area contributed by atoms with E-state index in [0.29, 0.717) is 22.7 Å². The Morgan fingerprint density at radius 3 is 2.52 bits per heavy atom. The fourth-order valence-corrected chi connectivity index (χ4v) is 5.22. The van der Waals surface area contributed by atoms with Crippen LogP contribution in [0.25, 0.3) is 0 Å². The zero-order valence-corrected chi connectivity index (χ0v) is 19.9. The van der Waals surface area contributed by atoms with Crippen molar-refractivity contribution in [3.8, 4) is 5.75 Å². The van der Waals surface area contributed by atoms with Gasteiger partial charge in [0.2, 0.25) is 15.9 Å². The lowest BCUT2D eigenvalue weighted by molar-refractivity contribution is -0.121. The van der Waals surface area contributed by atoms with Crippen molar-refractivity contribution in [2.45, 2.75) is 51.7 Å². The van der Waals surface area contributed by atoms with Crippen molar-refractivity contribution in [1.82, 2.24) is 5.32 Å². The summed E-state index contributed by atoms with van der Waals surface area (Å²) in [6.45, 7) is 5.60. The summed E-state index contributed by atoms with van der Waals surface area (Å²) in [4.78, 5) is 13.0. The van der Waals surface area contributed by atoms with Crippen molar-refractivity contribution in [3.05, 3.63) is 58.6 Å². The third kappa shape index (κ3) is 5.15. The number of amides is 1. The zero-order chi connectivity index (χ0) is 22.8. The third-order valence-electron chi connectivity index (χ3n) is 5.94. The van der Waals surface area contributed by atoms with Crippen molar-refractivity contribution in [2.24, 2.45) is 0 Å². The average molecular weight is 465 g/mol. The number of nitrogens with zero attached hydrogens (tertiary/aromatic N) is 1. The van der Waals surface area contributed by atoms with Crippen LogP contribution in [0.5, 0.6) is 5.75 Å². The van der Waals surface area contributed by atoms with Gasteiger partial charge in [0, 0.05) is 17.0 Å². The van der Waals surface area contributed by atoms with Crippen molar-refractivity contribution in [3.63, 3.8) is 0 Å². The van der Waals surface area contributed by atoms with E-state index < -0.39 is 10.0 Å². The van der Waals surface area contributed by atoms with Gasteiger partial charge in [-0.1, -0.05) is 43.6 Å². The summed E-state index contributed by atoms with van der Waals surface area (Å²) in [5.41, 5.74) is 1.65. The highest BCUT2D eigenvalue weighted by atomic mass is 35.5. The molecule has 1 heterocycles. The molecule has 31 heavy (non-hydrogen) atoms. The Kier molecular flexibility index (Phi) is 6.86. The predicted molar refractivity (Wildman–Crippen MR) is 124 cm³/mol. The number of halogens is 1. The Bertz CT molecular complexity index is 1070. The van der Waals surface area contributed by atoms with E-state index in [1.165, 1.54) is 0 Å². The summed E-state index contributed by atoms with van der Waals surface area (Å²) < 4.78 is 32.4. The number of carbonyl (C=O) groups excluding carboxylic acids is 1. The first kappa shape index (κ1) is 23.4. The molecule has 168 valence electrons. The lowest BCUT2D eigenvalue weighted by Gasteiger charge is -2.41. The van der Waals surface area contributed by atoms with Crippen LogP contribution in [0.2, 0.25) is 5.02 Å². The van der Waals surface area contributed by atoms with Crippen molar-refractivity contribution < 1.29 is 17.9 Å². The quantitative estimate of drug-likeness (QED) is 0.649. The van der Waals surface area contributed by atoms with Gasteiger partial charge < -0.3 is 10.1 Å². The van der Waals surface area contributed by atoms with Gasteiger partial charge in [0.05, 0.1) is 18.0 Å². The number of benzene rings is 2. The van der Waals surface area contributed by atoms with Gasteiger partial charge in [-0.25, -0.2) is 8.42 Å². The predicted octanol–water partition coefficient (Wildman–Crippen LogP) is 4.61. The molecule has 1 N–H and O–H groups in total. The van der Waals surface area contributed by atoms with Crippen LogP contribution in [-0.4, -0.2) is 32.7 Å². The lowest BCUT2D eigenvalue weighted by Crippen LogP contribution is -2.47. The monoisotopic (exact) mass is 464 g/mol. The molecule has 0 bridgehead atoms. The SMILES string of the molecule is CCC1(CC)C[C@H](NC(=O)CN(c2ccc(Cl)cc2C)S(C)(=O)=O)c2ccccc2O1. The molecule has 1 atom stereocenters. The van der Waals surface area contributed by atoms with Gasteiger partial charge in [-0.3, -0.25) is 9.10 Å². The molecule has 2 aromatic rings. The molecular weight excluding hydrogens is 436 g/mol. The number of sulfonamides is 1. The van der Waals surface area contributed by atoms with Crippen LogP contribution in [0.15, 0.2) is 42.5 Å². The number of nitrogens with one attached hydrogen (secondary N) is 1. The molecule has 0 aliphatic carbocycles. The molecule has 0 aromatic heterocycles. The van der Waals surface area contributed by atoms with Gasteiger partial charge in [0.1, 0.15) is 17.9 Å². The number of hydrogen-bond donors (Lipinski definition) is 1. The highest BCUT2D eigenvalue weighted by molar-refractivity contribution is 7.92. The molecule has 0 saturated heterocycles. The molecule has 6 nitrogen and oxygen atoms in total. The number of rotatable bonds is 7. The molecule has 3 rings (SSSR count). The minimum Gasteiger partial charge on any atom is -0.487 e. The van der Waals surface area contributed by atoms with E-state index in [4.69, 9.17) is 16.3 Å². The Labute approximate surface area is 189 Å². The number of hydrogen-bond acceptors (Lipinski definition) is 4. The molecule has 1 amide bonds. The molecule has 0 radical (unpaired) electrons. The highest BCUT2D eigenvalue weighted by Gasteiger charge is 2.39. The fourth-order valence-electron chi connectivity index (χ4n) is 4.08. The van der Waals surface area contributed by atoms with E-state index in [2.05, 4.69) is 19.2 Å². The number of para-hydroxylation sites is 1. The zero-order valence-electron chi connectivity index (χ0n) is 18.3. The summed E-state index contributed by atoms with van der Waals surface area (Å²) in [6, 6.07) is 12.3. The number of aryl methyl sites for hydroxylation is 1. The third-order valence-corrected chi connectivity index (χ3v) is 7.30. The van der Waals surface area contributed by atoms with Crippen LogP contribution >= 0.6 is 11.6 Å². The molecule has 0 unspecified atom stereocenters. The van der Waals surface area contributed by atoms with E-state index in [9.17, 15) is 13.2 Å². The summed E-state index contributed by atoms with van der Waals surface area (Å²) in [5.74, 6) is 0.388. The van der Waals surface area contributed by atoms with Crippen molar-refractivity contribution in [2.75, 3.05) is 17.1 Å². The van der Waals surface area contributed by atoms with Gasteiger partial charge in [-0.2, -0.15) is 0 Å². The molecule has 0 saturated carbocycles. The Hall–Kier alpha value is -2.25. The number of ether oxygens (including phenoxy) is 1. The molecule has 0 spiro atoms. The molecule has 1 aliphatic rings. The molecular formula is C23H29ClN2O4S. The second-order valence-electron chi connectivity index (χ2n) is 8.05. The first-order valence-electron chi connectivity index (χ1n) is 10.4. The lowest BCUT2D eigenvalue weighted by atomic mass is 9.83. The van der Waals surface area contributed by atoms with E-state index in [0.717, 1.165) is 34.7 Å². The largest absolute Gasteiger partial charge is 0.487 e. The van der Waals surface area contributed by atoms with Crippen LogP contribution in [0.4, 0.5) is 5.69 Å². The molecule has 8 heteroatoms. The summed E-state index contributed by atoms with van der Waals surface area (Å²) in [5, 5.41) is 3.56. The van der Waals surface area contributed by atoms with Crippen LogP contribution < -0.4 is 14.4 Å². The maximum Gasteiger partial charge on any atom is 0.241 e. The molecule has 1 aliphatic heterocycles. The topological polar surface area (TPSA) is 75.7 Å². The minimum atomic E-state index is -3.68. The van der Waals surface area contributed by atoms with Gasteiger partial charge in [-0.05, 0) is 49.6 Å². The Morgan fingerprint density at radius 2 is 1.90 bits per heavy atom. The van der Waals surface area contributed by atoms with Gasteiger partial charge in [-0.15, -0.1) is 0 Å². The van der Waals surface area contributed by atoms with Gasteiger partial charge >= 0.3 is 0 Å². The molecule has 2 aromatic carbocycles. The van der Waals surface area contributed by atoms with E-state index in [1.807, 2.05) is 24.3 Å². The summed E-state index contributed by atoms with van der Waals surface area (Å²) in [6.07, 6.45) is 3.34. The summed E-state index contributed by atoms with van der Waals surface area (Å²) in [7, 11) is -3.68. The number of fused-ring (bicyclic) bond motifs is 1. The van der Waals surface area contributed by atoms with E-state index in [1.54, 1.807) is 25.1 Å². The van der Waals surface area contributed by atoms with Gasteiger partial charge in [0.15, 0.2) is 0 Å².